The zero-order valence-corrected chi connectivity index (χ0v) is 17.6. The van der Waals surface area contributed by atoms with E-state index in [9.17, 15) is 9.59 Å². The minimum absolute atomic E-state index is 0.0947. The Balaban J connectivity index is 1.40. The van der Waals surface area contributed by atoms with E-state index in [0.29, 0.717) is 16.3 Å². The summed E-state index contributed by atoms with van der Waals surface area (Å²) in [5.74, 6) is -0.0947. The maximum atomic E-state index is 12.9. The second-order valence-electron chi connectivity index (χ2n) is 6.76. The van der Waals surface area contributed by atoms with E-state index in [1.165, 1.54) is 11.3 Å². The molecule has 7 heteroatoms. The highest BCUT2D eigenvalue weighted by atomic mass is 32.1. The second-order valence-corrected chi connectivity index (χ2v) is 7.85. The third kappa shape index (κ3) is 4.96. The number of hydrogen-bond donors (Lipinski definition) is 2. The summed E-state index contributed by atoms with van der Waals surface area (Å²) in [6.45, 7) is 0. The lowest BCUT2D eigenvalue weighted by Gasteiger charge is -2.17. The van der Waals surface area contributed by atoms with E-state index in [1.807, 2.05) is 54.6 Å². The van der Waals surface area contributed by atoms with E-state index in [4.69, 9.17) is 0 Å². The predicted molar refractivity (Wildman–Crippen MR) is 126 cm³/mol. The highest BCUT2D eigenvalue weighted by Gasteiger charge is 2.16. The molecule has 0 saturated carbocycles. The monoisotopic (exact) mass is 428 g/mol. The summed E-state index contributed by atoms with van der Waals surface area (Å²) in [6, 6.07) is 23.6. The van der Waals surface area contributed by atoms with Crippen LogP contribution in [0.5, 0.6) is 0 Å². The Kier molecular flexibility index (Phi) is 6.05. The van der Waals surface area contributed by atoms with Gasteiger partial charge in [0.2, 0.25) is 0 Å². The van der Waals surface area contributed by atoms with Crippen molar-refractivity contribution in [2.75, 3.05) is 22.6 Å². The third-order valence-electron chi connectivity index (χ3n) is 4.61. The molecule has 0 aliphatic heterocycles. The van der Waals surface area contributed by atoms with Crippen LogP contribution in [0.3, 0.4) is 0 Å². The molecule has 2 N–H and O–H groups in total. The number of rotatable bonds is 5. The Hall–Kier alpha value is -3.97. The van der Waals surface area contributed by atoms with Gasteiger partial charge in [-0.25, -0.2) is 4.79 Å². The number of para-hydroxylation sites is 1. The largest absolute Gasteiger partial charge is 0.323 e. The van der Waals surface area contributed by atoms with Gasteiger partial charge < -0.3 is 15.5 Å². The number of pyridine rings is 1. The molecule has 0 aliphatic rings. The highest BCUT2D eigenvalue weighted by molar-refractivity contribution is 7.17. The Morgan fingerprint density at radius 2 is 1.55 bits per heavy atom. The average molecular weight is 429 g/mol. The van der Waals surface area contributed by atoms with Crippen molar-refractivity contribution in [3.63, 3.8) is 0 Å². The van der Waals surface area contributed by atoms with Crippen LogP contribution in [0.15, 0.2) is 91.3 Å². The van der Waals surface area contributed by atoms with Crippen LogP contribution in [0.25, 0.3) is 10.4 Å². The van der Waals surface area contributed by atoms with Crippen molar-refractivity contribution in [1.29, 1.82) is 0 Å². The molecule has 0 saturated heterocycles. The SMILES string of the molecule is CN(C(=O)c1ccc(-c2cccnc2)s1)c1ccc(NC(=O)Nc2ccccc2)cc1. The number of aromatic nitrogens is 1. The van der Waals surface area contributed by atoms with Gasteiger partial charge in [-0.05, 0) is 54.6 Å². The van der Waals surface area contributed by atoms with Gasteiger partial charge in [0.25, 0.3) is 5.91 Å². The molecule has 4 aromatic rings. The van der Waals surface area contributed by atoms with E-state index < -0.39 is 0 Å². The number of nitrogens with one attached hydrogen (secondary N) is 2. The summed E-state index contributed by atoms with van der Waals surface area (Å²) in [6.07, 6.45) is 3.50. The maximum absolute atomic E-state index is 12.9. The van der Waals surface area contributed by atoms with Gasteiger partial charge in [-0.15, -0.1) is 11.3 Å². The fourth-order valence-electron chi connectivity index (χ4n) is 2.98. The summed E-state index contributed by atoms with van der Waals surface area (Å²) in [7, 11) is 1.73. The minimum atomic E-state index is -0.329. The number of carbonyl (C=O) groups excluding carboxylic acids is 2. The second kappa shape index (κ2) is 9.23. The van der Waals surface area contributed by atoms with Gasteiger partial charge in [-0.1, -0.05) is 24.3 Å². The van der Waals surface area contributed by atoms with E-state index in [1.54, 1.807) is 48.6 Å². The van der Waals surface area contributed by atoms with Gasteiger partial charge in [0.1, 0.15) is 0 Å². The molecule has 0 bridgehead atoms. The molecular weight excluding hydrogens is 408 g/mol. The average Bonchev–Trinajstić information content (AvgIpc) is 3.30. The van der Waals surface area contributed by atoms with Gasteiger partial charge in [-0.2, -0.15) is 0 Å². The van der Waals surface area contributed by atoms with Crippen LogP contribution in [0.4, 0.5) is 21.9 Å². The van der Waals surface area contributed by atoms with Crippen molar-refractivity contribution >= 4 is 40.3 Å². The molecule has 2 aromatic carbocycles. The molecule has 4 rings (SSSR count). The number of benzene rings is 2. The lowest BCUT2D eigenvalue weighted by molar-refractivity contribution is 0.0997. The summed E-state index contributed by atoms with van der Waals surface area (Å²) >= 11 is 1.43. The molecule has 2 heterocycles. The number of hydrogen-bond acceptors (Lipinski definition) is 4. The first-order valence-corrected chi connectivity index (χ1v) is 10.4. The van der Waals surface area contributed by atoms with Crippen LogP contribution in [0.1, 0.15) is 9.67 Å². The lowest BCUT2D eigenvalue weighted by atomic mass is 10.2. The first-order chi connectivity index (χ1) is 15.1. The normalized spacial score (nSPS) is 10.4. The molecule has 0 spiro atoms. The van der Waals surface area contributed by atoms with Crippen LogP contribution >= 0.6 is 11.3 Å². The molecule has 31 heavy (non-hydrogen) atoms. The van der Waals surface area contributed by atoms with Crippen molar-refractivity contribution in [2.45, 2.75) is 0 Å². The molecule has 3 amide bonds. The van der Waals surface area contributed by atoms with E-state index in [2.05, 4.69) is 15.6 Å². The van der Waals surface area contributed by atoms with Crippen molar-refractivity contribution in [1.82, 2.24) is 4.98 Å². The van der Waals surface area contributed by atoms with Crippen LogP contribution in [0, 0.1) is 0 Å². The minimum Gasteiger partial charge on any atom is -0.311 e. The fourth-order valence-corrected chi connectivity index (χ4v) is 3.95. The summed E-state index contributed by atoms with van der Waals surface area (Å²) in [5, 5.41) is 5.55. The molecule has 0 radical (unpaired) electrons. The number of carbonyl (C=O) groups is 2. The van der Waals surface area contributed by atoms with Gasteiger partial charge in [0.05, 0.1) is 4.88 Å². The highest BCUT2D eigenvalue weighted by Crippen LogP contribution is 2.29. The molecule has 6 nitrogen and oxygen atoms in total. The Bertz CT molecular complexity index is 1180. The summed E-state index contributed by atoms with van der Waals surface area (Å²) in [5.41, 5.74) is 3.06. The first-order valence-electron chi connectivity index (χ1n) is 9.61. The van der Waals surface area contributed by atoms with Gasteiger partial charge in [0, 0.05) is 46.9 Å². The molecule has 154 valence electrons. The lowest BCUT2D eigenvalue weighted by Crippen LogP contribution is -2.25. The number of amides is 3. The Morgan fingerprint density at radius 1 is 0.839 bits per heavy atom. The van der Waals surface area contributed by atoms with Crippen LogP contribution < -0.4 is 15.5 Å². The molecule has 2 aromatic heterocycles. The molecule has 0 aliphatic carbocycles. The third-order valence-corrected chi connectivity index (χ3v) is 5.73. The summed E-state index contributed by atoms with van der Waals surface area (Å²) < 4.78 is 0. The van der Waals surface area contributed by atoms with Crippen LogP contribution in [-0.4, -0.2) is 24.0 Å². The Morgan fingerprint density at radius 3 is 2.23 bits per heavy atom. The van der Waals surface area contributed by atoms with Crippen LogP contribution in [0.2, 0.25) is 0 Å². The molecule has 0 unspecified atom stereocenters. The zero-order chi connectivity index (χ0) is 21.6. The number of thiophene rings is 1. The number of nitrogens with zero attached hydrogens (tertiary/aromatic N) is 2. The van der Waals surface area contributed by atoms with Crippen molar-refractivity contribution < 1.29 is 9.59 Å². The standard InChI is InChI=1S/C24H20N4O2S/c1-28(23(29)22-14-13-21(31-22)17-6-5-15-25-16-17)20-11-9-19(10-12-20)27-24(30)26-18-7-3-2-4-8-18/h2-16H,1H3,(H2,26,27,30). The van der Waals surface area contributed by atoms with Crippen LogP contribution in [-0.2, 0) is 0 Å². The van der Waals surface area contributed by atoms with Crippen molar-refractivity contribution in [2.24, 2.45) is 0 Å². The van der Waals surface area contributed by atoms with Crippen molar-refractivity contribution in [3.8, 4) is 10.4 Å². The predicted octanol–water partition coefficient (Wildman–Crippen LogP) is 5.73. The smallest absolute Gasteiger partial charge is 0.311 e. The maximum Gasteiger partial charge on any atom is 0.323 e. The fraction of sp³-hybridized carbons (Fsp3) is 0.0417. The first kappa shape index (κ1) is 20.3. The van der Waals surface area contributed by atoms with Gasteiger partial charge in [0.15, 0.2) is 0 Å². The zero-order valence-electron chi connectivity index (χ0n) is 16.8. The van der Waals surface area contributed by atoms with Crippen molar-refractivity contribution in [3.05, 3.63) is 96.1 Å². The number of urea groups is 1. The van der Waals surface area contributed by atoms with Gasteiger partial charge >= 0.3 is 6.03 Å². The quantitative estimate of drug-likeness (QED) is 0.426. The van der Waals surface area contributed by atoms with Gasteiger partial charge in [-0.3, -0.25) is 9.78 Å². The summed E-state index contributed by atoms with van der Waals surface area (Å²) in [4.78, 5) is 32.4. The molecular formula is C24H20N4O2S. The molecule has 0 atom stereocenters. The molecule has 0 fully saturated rings. The Labute approximate surface area is 184 Å². The van der Waals surface area contributed by atoms with E-state index in [-0.39, 0.29) is 11.9 Å². The number of anilines is 3. The van der Waals surface area contributed by atoms with E-state index in [0.717, 1.165) is 16.1 Å². The van der Waals surface area contributed by atoms with E-state index >= 15 is 0 Å². The topological polar surface area (TPSA) is 74.3 Å².